The summed E-state index contributed by atoms with van der Waals surface area (Å²) in [6.45, 7) is -4.01. The molecule has 0 fully saturated rings. The molecule has 4 heterocycles. The fourth-order valence-corrected chi connectivity index (χ4v) is 9.48. The van der Waals surface area contributed by atoms with E-state index in [2.05, 4.69) is 9.47 Å². The van der Waals surface area contributed by atoms with E-state index >= 15 is 0 Å². The lowest BCUT2D eigenvalue weighted by molar-refractivity contribution is -0.453. The van der Waals surface area contributed by atoms with Gasteiger partial charge in [0, 0.05) is 29.3 Å². The summed E-state index contributed by atoms with van der Waals surface area (Å²) in [6, 6.07) is 5.95. The van der Waals surface area contributed by atoms with Crippen LogP contribution in [0, 0.1) is 13.8 Å². The summed E-state index contributed by atoms with van der Waals surface area (Å²) in [4.78, 5) is -0.916. The van der Waals surface area contributed by atoms with E-state index in [4.69, 9.17) is 0 Å². The van der Waals surface area contributed by atoms with Crippen molar-refractivity contribution >= 4 is 45.3 Å². The zero-order valence-corrected chi connectivity index (χ0v) is 35.9. The van der Waals surface area contributed by atoms with Gasteiger partial charge in [0.2, 0.25) is 0 Å². The lowest BCUT2D eigenvalue weighted by atomic mass is 9.91. The van der Waals surface area contributed by atoms with Crippen LogP contribution in [0.15, 0.2) is 36.4 Å². The Hall–Kier alpha value is -3.70. The predicted molar refractivity (Wildman–Crippen MR) is 186 cm³/mol. The summed E-state index contributed by atoms with van der Waals surface area (Å²) >= 11 is 2.27. The van der Waals surface area contributed by atoms with Gasteiger partial charge < -0.3 is 9.47 Å². The van der Waals surface area contributed by atoms with Crippen LogP contribution < -0.4 is 9.47 Å². The van der Waals surface area contributed by atoms with Crippen LogP contribution in [0.4, 0.5) is 132 Å². The Morgan fingerprint density at radius 2 is 0.543 bits per heavy atom. The van der Waals surface area contributed by atoms with E-state index in [1.807, 2.05) is 0 Å². The van der Waals surface area contributed by atoms with Crippen LogP contribution in [-0.2, 0) is 0 Å². The second-order valence-electron chi connectivity index (χ2n) is 14.2. The van der Waals surface area contributed by atoms with Gasteiger partial charge in [0.1, 0.15) is 11.5 Å². The highest BCUT2D eigenvalue weighted by Gasteiger charge is 2.95. The quantitative estimate of drug-likeness (QED) is 0.0871. The van der Waals surface area contributed by atoms with Gasteiger partial charge in [-0.3, -0.25) is 0 Å². The van der Waals surface area contributed by atoms with Crippen LogP contribution >= 0.6 is 45.3 Å². The number of ether oxygens (including phenoxy) is 2. The molecule has 4 aromatic rings. The predicted octanol–water partition coefficient (Wildman–Crippen LogP) is 17.1. The molecule has 36 heteroatoms. The van der Waals surface area contributed by atoms with E-state index in [1.165, 1.54) is 12.1 Å². The summed E-state index contributed by atoms with van der Waals surface area (Å²) in [5, 5.41) is 0. The van der Waals surface area contributed by atoms with Gasteiger partial charge in [-0.05, 0) is 50.2 Å². The Balaban J connectivity index is 1.58. The fourth-order valence-electron chi connectivity index (χ4n) is 5.24. The normalized spacial score (nSPS) is 15.3. The highest BCUT2D eigenvalue weighted by atomic mass is 32.1. The minimum atomic E-state index is -8.54. The highest BCUT2D eigenvalue weighted by molar-refractivity contribution is 7.28. The first-order chi connectivity index (χ1) is 30.9. The number of alkyl halides is 30. The molecule has 0 radical (unpaired) electrons. The molecular formula is C34H16F30O2S4. The molecule has 0 aromatic carbocycles. The fraction of sp³-hybridized carbons (Fsp3) is 0.529. The monoisotopic (exact) mass is 1150 g/mol. The van der Waals surface area contributed by atoms with Crippen molar-refractivity contribution in [1.82, 2.24) is 0 Å². The average molecular weight is 1150 g/mol. The van der Waals surface area contributed by atoms with Gasteiger partial charge in [-0.25, -0.2) is 0 Å². The molecule has 0 unspecified atom stereocenters. The molecule has 0 aliphatic carbocycles. The zero-order valence-electron chi connectivity index (χ0n) is 32.7. The molecule has 4 rings (SSSR count). The highest BCUT2D eigenvalue weighted by Crippen LogP contribution is 2.64. The van der Waals surface area contributed by atoms with Gasteiger partial charge in [-0.1, -0.05) is 0 Å². The Labute approximate surface area is 383 Å². The SMILES string of the molecule is Cc1cc(OCC(F)(F)C(F)(F)C(F)(F)C(F)(F)C(F)(F)C(F)(F)C(F)(F)F)c(-c2ccc(-c3ccc(-c4sc(C)cc4OCC(F)(F)C(F)(F)C(F)(F)C(F)(F)C(F)(F)C(F)(F)C(F)(F)F)s3)s2)s1. The van der Waals surface area contributed by atoms with Crippen molar-refractivity contribution in [3.8, 4) is 40.8 Å². The van der Waals surface area contributed by atoms with Crippen molar-refractivity contribution in [2.45, 2.75) is 97.3 Å². The molecular weight excluding hydrogens is 1140 g/mol. The molecule has 0 saturated heterocycles. The lowest BCUT2D eigenvalue weighted by Gasteiger charge is -2.41. The minimum Gasteiger partial charge on any atom is -0.485 e. The standard InChI is InChI=1S/C34H16F30O2S4/c1-11-7-13(65-9-21(35,36)23(39,40)25(43,44)27(47,48)29(51,52)31(55,56)33(59,60)61)19(67-11)17-5-3-15(69-17)16-4-6-18(70-16)20-14(8-12(2)68-20)66-10-22(37,38)24(41,42)26(45,46)28(49,50)30(53,54)32(57,58)34(62,63)64/h3-8H,9-10H2,1-2H3. The maximum absolute atomic E-state index is 14.6. The number of thiophene rings is 4. The molecule has 0 spiro atoms. The number of aryl methyl sites for hydroxylation is 2. The largest absolute Gasteiger partial charge is 0.485 e. The Morgan fingerprint density at radius 3 is 0.800 bits per heavy atom. The Kier molecular flexibility index (Phi) is 14.7. The number of hydrogen-bond donors (Lipinski definition) is 0. The second-order valence-corrected chi connectivity index (χ2v) is 18.8. The van der Waals surface area contributed by atoms with Crippen LogP contribution in [0.25, 0.3) is 29.3 Å². The first kappa shape index (κ1) is 58.9. The molecule has 0 atom stereocenters. The summed E-state index contributed by atoms with van der Waals surface area (Å²) in [7, 11) is 0. The zero-order chi connectivity index (χ0) is 54.7. The van der Waals surface area contributed by atoms with Gasteiger partial charge in [0.15, 0.2) is 13.2 Å². The van der Waals surface area contributed by atoms with E-state index in [-0.39, 0.29) is 39.0 Å². The van der Waals surface area contributed by atoms with Gasteiger partial charge in [-0.15, -0.1) is 45.3 Å². The average Bonchev–Trinajstić information content (AvgIpc) is 4.01. The number of hydrogen-bond acceptors (Lipinski definition) is 6. The maximum Gasteiger partial charge on any atom is 0.460 e. The van der Waals surface area contributed by atoms with Crippen molar-refractivity contribution in [1.29, 1.82) is 0 Å². The van der Waals surface area contributed by atoms with Crippen LogP contribution in [-0.4, -0.2) is 96.6 Å². The molecule has 4 aromatic heterocycles. The molecule has 0 aliphatic rings. The summed E-state index contributed by atoms with van der Waals surface area (Å²) in [5.41, 5.74) is 0. The molecule has 398 valence electrons. The van der Waals surface area contributed by atoms with E-state index in [0.29, 0.717) is 45.3 Å². The summed E-state index contributed by atoms with van der Waals surface area (Å²) in [6.07, 6.45) is -15.6. The smallest absolute Gasteiger partial charge is 0.460 e. The molecule has 2 nitrogen and oxygen atoms in total. The van der Waals surface area contributed by atoms with Crippen molar-refractivity contribution in [2.75, 3.05) is 13.2 Å². The molecule has 0 saturated carbocycles. The first-order valence-electron chi connectivity index (χ1n) is 17.2. The van der Waals surface area contributed by atoms with Crippen LogP contribution in [0.2, 0.25) is 0 Å². The number of rotatable bonds is 19. The van der Waals surface area contributed by atoms with E-state index in [0.717, 1.165) is 38.1 Å². The van der Waals surface area contributed by atoms with Crippen molar-refractivity contribution in [3.63, 3.8) is 0 Å². The Morgan fingerprint density at radius 1 is 0.314 bits per heavy atom. The molecule has 0 amide bonds. The molecule has 0 aliphatic heterocycles. The maximum atomic E-state index is 14.6. The van der Waals surface area contributed by atoms with E-state index in [9.17, 15) is 132 Å². The van der Waals surface area contributed by atoms with Gasteiger partial charge in [0.25, 0.3) is 0 Å². The third-order valence-corrected chi connectivity index (χ3v) is 13.9. The minimum absolute atomic E-state index is 0.00151. The molecule has 0 N–H and O–H groups in total. The van der Waals surface area contributed by atoms with Crippen molar-refractivity contribution < 1.29 is 141 Å². The third kappa shape index (κ3) is 8.88. The molecule has 0 bridgehead atoms. The van der Waals surface area contributed by atoms with E-state index in [1.54, 1.807) is 0 Å². The summed E-state index contributed by atoms with van der Waals surface area (Å²) in [5.74, 6) is -98.4. The van der Waals surface area contributed by atoms with Crippen molar-refractivity contribution in [3.05, 3.63) is 46.2 Å². The van der Waals surface area contributed by atoms with Crippen LogP contribution in [0.3, 0.4) is 0 Å². The van der Waals surface area contributed by atoms with Gasteiger partial charge >= 0.3 is 83.4 Å². The van der Waals surface area contributed by atoms with Gasteiger partial charge in [-0.2, -0.15) is 132 Å². The molecule has 70 heavy (non-hydrogen) atoms. The summed E-state index contributed by atoms with van der Waals surface area (Å²) < 4.78 is 418. The number of halogens is 30. The first-order valence-corrected chi connectivity index (χ1v) is 20.5. The van der Waals surface area contributed by atoms with Crippen LogP contribution in [0.5, 0.6) is 11.5 Å². The van der Waals surface area contributed by atoms with Crippen molar-refractivity contribution in [2.24, 2.45) is 0 Å². The van der Waals surface area contributed by atoms with E-state index < -0.39 is 108 Å². The second kappa shape index (κ2) is 17.5. The van der Waals surface area contributed by atoms with Gasteiger partial charge in [0.05, 0.1) is 9.75 Å². The topological polar surface area (TPSA) is 18.5 Å². The third-order valence-electron chi connectivity index (χ3n) is 9.15. The van der Waals surface area contributed by atoms with Crippen LogP contribution in [0.1, 0.15) is 9.75 Å². The Bertz CT molecular complexity index is 2330. The lowest BCUT2D eigenvalue weighted by Crippen LogP contribution is -2.73.